The molecule has 0 bridgehead atoms. The first-order valence-corrected chi connectivity index (χ1v) is 7.23. The van der Waals surface area contributed by atoms with Crippen LogP contribution < -0.4 is 5.73 Å². The van der Waals surface area contributed by atoms with Crippen molar-refractivity contribution in [2.45, 2.75) is 44.2 Å². The van der Waals surface area contributed by atoms with Crippen LogP contribution in [0.1, 0.15) is 43.7 Å². The normalized spacial score (nSPS) is 19.6. The van der Waals surface area contributed by atoms with E-state index in [4.69, 9.17) is 28.9 Å². The SMILES string of the molecule is Cl.N[C@@H](c1cc(Cl)cc(Cl)c1)[C@H](O)C1CCCCC1. The standard InChI is InChI=1S/C14H19Cl2NO.ClH/c15-11-6-10(7-12(16)8-11)13(17)14(18)9-4-2-1-3-5-9;/h6-9,13-14,18H,1-5,17H2;1H/t13-,14+;/m0./s1. The van der Waals surface area contributed by atoms with Crippen LogP contribution in [0.5, 0.6) is 0 Å². The molecule has 0 radical (unpaired) electrons. The zero-order valence-corrected chi connectivity index (χ0v) is 13.0. The summed E-state index contributed by atoms with van der Waals surface area (Å²) in [6.07, 6.45) is 5.24. The van der Waals surface area contributed by atoms with E-state index in [1.165, 1.54) is 19.3 Å². The molecule has 0 heterocycles. The third kappa shape index (κ3) is 4.51. The molecule has 1 aliphatic carbocycles. The van der Waals surface area contributed by atoms with Gasteiger partial charge in [-0.1, -0.05) is 42.5 Å². The van der Waals surface area contributed by atoms with Gasteiger partial charge >= 0.3 is 0 Å². The number of hydrogen-bond donors (Lipinski definition) is 2. The summed E-state index contributed by atoms with van der Waals surface area (Å²) in [5.41, 5.74) is 6.95. The van der Waals surface area contributed by atoms with Gasteiger partial charge in [-0.15, -0.1) is 12.4 Å². The summed E-state index contributed by atoms with van der Waals surface area (Å²) in [5.74, 6) is 0.298. The molecular formula is C14H20Cl3NO. The molecular weight excluding hydrogens is 305 g/mol. The van der Waals surface area contributed by atoms with E-state index in [0.717, 1.165) is 18.4 Å². The van der Waals surface area contributed by atoms with E-state index in [0.29, 0.717) is 16.0 Å². The summed E-state index contributed by atoms with van der Waals surface area (Å²) in [7, 11) is 0. The molecule has 0 unspecified atom stereocenters. The van der Waals surface area contributed by atoms with Crippen molar-refractivity contribution < 1.29 is 5.11 Å². The van der Waals surface area contributed by atoms with Crippen LogP contribution >= 0.6 is 35.6 Å². The van der Waals surface area contributed by atoms with Crippen LogP contribution in [0, 0.1) is 5.92 Å². The molecule has 2 rings (SSSR count). The summed E-state index contributed by atoms with van der Waals surface area (Å²) < 4.78 is 0. The number of rotatable bonds is 3. The first-order valence-electron chi connectivity index (χ1n) is 6.47. The molecule has 5 heteroatoms. The van der Waals surface area contributed by atoms with Gasteiger partial charge in [-0.25, -0.2) is 0 Å². The zero-order valence-electron chi connectivity index (χ0n) is 10.7. The fraction of sp³-hybridized carbons (Fsp3) is 0.571. The Morgan fingerprint density at radius 1 is 1.05 bits per heavy atom. The minimum atomic E-state index is -0.514. The van der Waals surface area contributed by atoms with Crippen molar-refractivity contribution in [3.63, 3.8) is 0 Å². The Morgan fingerprint density at radius 3 is 2.11 bits per heavy atom. The fourth-order valence-corrected chi connectivity index (χ4v) is 3.28. The molecule has 1 saturated carbocycles. The number of halogens is 3. The summed E-state index contributed by atoms with van der Waals surface area (Å²) in [5, 5.41) is 11.5. The monoisotopic (exact) mass is 323 g/mol. The Bertz CT molecular complexity index is 387. The highest BCUT2D eigenvalue weighted by Crippen LogP contribution is 2.32. The summed E-state index contributed by atoms with van der Waals surface area (Å²) >= 11 is 11.9. The van der Waals surface area contributed by atoms with Gasteiger partial charge in [0.2, 0.25) is 0 Å². The Labute approximate surface area is 130 Å². The van der Waals surface area contributed by atoms with Gasteiger partial charge < -0.3 is 10.8 Å². The molecule has 1 aromatic carbocycles. The molecule has 2 nitrogen and oxygen atoms in total. The third-order valence-corrected chi connectivity index (χ3v) is 4.21. The largest absolute Gasteiger partial charge is 0.391 e. The number of nitrogens with two attached hydrogens (primary N) is 1. The molecule has 0 aromatic heterocycles. The van der Waals surface area contributed by atoms with Crippen molar-refractivity contribution in [3.8, 4) is 0 Å². The minimum Gasteiger partial charge on any atom is -0.391 e. The molecule has 108 valence electrons. The minimum absolute atomic E-state index is 0. The second-order valence-electron chi connectivity index (χ2n) is 5.12. The lowest BCUT2D eigenvalue weighted by Gasteiger charge is -2.30. The Kier molecular flexibility index (Phi) is 6.92. The number of aliphatic hydroxyl groups excluding tert-OH is 1. The van der Waals surface area contributed by atoms with Gasteiger partial charge in [-0.05, 0) is 42.5 Å². The van der Waals surface area contributed by atoms with E-state index in [-0.39, 0.29) is 12.4 Å². The Hall–Kier alpha value is 0.01000. The van der Waals surface area contributed by atoms with Gasteiger partial charge in [-0.2, -0.15) is 0 Å². The number of aliphatic hydroxyl groups is 1. The maximum Gasteiger partial charge on any atom is 0.0760 e. The highest BCUT2D eigenvalue weighted by atomic mass is 35.5. The van der Waals surface area contributed by atoms with Crippen LogP contribution in [0.2, 0.25) is 10.0 Å². The van der Waals surface area contributed by atoms with Crippen molar-refractivity contribution in [2.24, 2.45) is 11.7 Å². The summed E-state index contributed by atoms with van der Waals surface area (Å²) in [6, 6.07) is 4.82. The predicted molar refractivity (Wildman–Crippen MR) is 83.2 cm³/mol. The van der Waals surface area contributed by atoms with E-state index in [2.05, 4.69) is 0 Å². The highest BCUT2D eigenvalue weighted by Gasteiger charge is 2.27. The second kappa shape index (κ2) is 7.70. The van der Waals surface area contributed by atoms with Gasteiger partial charge in [0.05, 0.1) is 12.1 Å². The number of benzene rings is 1. The molecule has 3 N–H and O–H groups in total. The van der Waals surface area contributed by atoms with Gasteiger partial charge in [0.25, 0.3) is 0 Å². The first kappa shape index (κ1) is 17.1. The Balaban J connectivity index is 0.00000180. The van der Waals surface area contributed by atoms with E-state index < -0.39 is 12.1 Å². The average molecular weight is 325 g/mol. The maximum atomic E-state index is 10.4. The van der Waals surface area contributed by atoms with Gasteiger partial charge in [0.15, 0.2) is 0 Å². The Morgan fingerprint density at radius 2 is 1.58 bits per heavy atom. The second-order valence-corrected chi connectivity index (χ2v) is 5.99. The topological polar surface area (TPSA) is 46.2 Å². The zero-order chi connectivity index (χ0) is 13.1. The molecule has 2 atom stereocenters. The quantitative estimate of drug-likeness (QED) is 0.868. The van der Waals surface area contributed by atoms with Gasteiger partial charge in [0.1, 0.15) is 0 Å². The van der Waals surface area contributed by atoms with Crippen LogP contribution in [0.25, 0.3) is 0 Å². The van der Waals surface area contributed by atoms with E-state index in [1.54, 1.807) is 18.2 Å². The molecule has 0 aliphatic heterocycles. The smallest absolute Gasteiger partial charge is 0.0760 e. The lowest BCUT2D eigenvalue weighted by atomic mass is 9.81. The van der Waals surface area contributed by atoms with Crippen LogP contribution in [0.4, 0.5) is 0 Å². The van der Waals surface area contributed by atoms with E-state index >= 15 is 0 Å². The maximum absolute atomic E-state index is 10.4. The van der Waals surface area contributed by atoms with Crippen molar-refractivity contribution in [3.05, 3.63) is 33.8 Å². The lowest BCUT2D eigenvalue weighted by Crippen LogP contribution is -2.34. The summed E-state index contributed by atoms with van der Waals surface area (Å²) in [6.45, 7) is 0. The molecule has 0 spiro atoms. The third-order valence-electron chi connectivity index (χ3n) is 3.77. The van der Waals surface area contributed by atoms with Crippen LogP contribution in [0.3, 0.4) is 0 Å². The molecule has 1 fully saturated rings. The van der Waals surface area contributed by atoms with Crippen molar-refractivity contribution in [1.82, 2.24) is 0 Å². The van der Waals surface area contributed by atoms with Crippen LogP contribution in [-0.2, 0) is 0 Å². The molecule has 19 heavy (non-hydrogen) atoms. The van der Waals surface area contributed by atoms with Gasteiger partial charge in [-0.3, -0.25) is 0 Å². The van der Waals surface area contributed by atoms with Gasteiger partial charge in [0, 0.05) is 10.0 Å². The van der Waals surface area contributed by atoms with Crippen LogP contribution in [-0.4, -0.2) is 11.2 Å². The van der Waals surface area contributed by atoms with Crippen molar-refractivity contribution >= 4 is 35.6 Å². The average Bonchev–Trinajstić information content (AvgIpc) is 2.37. The highest BCUT2D eigenvalue weighted by molar-refractivity contribution is 6.34. The van der Waals surface area contributed by atoms with Crippen molar-refractivity contribution in [1.29, 1.82) is 0 Å². The molecule has 0 saturated heterocycles. The fourth-order valence-electron chi connectivity index (χ4n) is 2.73. The lowest BCUT2D eigenvalue weighted by molar-refractivity contribution is 0.0618. The molecule has 1 aliphatic rings. The molecule has 1 aromatic rings. The number of hydrogen-bond acceptors (Lipinski definition) is 2. The van der Waals surface area contributed by atoms with Crippen molar-refractivity contribution in [2.75, 3.05) is 0 Å². The van der Waals surface area contributed by atoms with E-state index in [9.17, 15) is 5.11 Å². The summed E-state index contributed by atoms with van der Waals surface area (Å²) in [4.78, 5) is 0. The molecule has 0 amide bonds. The predicted octanol–water partition coefficient (Wildman–Crippen LogP) is 4.36. The van der Waals surface area contributed by atoms with E-state index in [1.807, 2.05) is 0 Å². The first-order chi connectivity index (χ1) is 8.58. The van der Waals surface area contributed by atoms with Crippen LogP contribution in [0.15, 0.2) is 18.2 Å².